The van der Waals surface area contributed by atoms with Crippen LogP contribution in [0.3, 0.4) is 0 Å². The highest BCUT2D eigenvalue weighted by Gasteiger charge is 2.14. The SMILES string of the molecule is CCOC(=O)c1nc(Br)cnc1Br. The first-order valence-electron chi connectivity index (χ1n) is 3.50. The van der Waals surface area contributed by atoms with Gasteiger partial charge in [-0.25, -0.2) is 14.8 Å². The molecule has 0 atom stereocenters. The highest BCUT2D eigenvalue weighted by atomic mass is 79.9. The Hall–Kier alpha value is -0.490. The standard InChI is InChI=1S/C7H6Br2N2O2/c1-2-13-7(12)5-6(9)10-3-4(8)11-5/h3H,2H2,1H3. The lowest BCUT2D eigenvalue weighted by molar-refractivity contribution is 0.0517. The molecule has 0 N–H and O–H groups in total. The van der Waals surface area contributed by atoms with Gasteiger partial charge in [0.2, 0.25) is 0 Å². The van der Waals surface area contributed by atoms with Gasteiger partial charge in [-0.3, -0.25) is 0 Å². The van der Waals surface area contributed by atoms with E-state index in [1.807, 2.05) is 0 Å². The summed E-state index contributed by atoms with van der Waals surface area (Å²) >= 11 is 6.22. The Morgan fingerprint density at radius 2 is 2.31 bits per heavy atom. The molecule has 0 aromatic carbocycles. The Morgan fingerprint density at radius 3 is 2.92 bits per heavy atom. The Kier molecular flexibility index (Phi) is 3.80. The monoisotopic (exact) mass is 308 g/mol. The molecule has 0 amide bonds. The minimum Gasteiger partial charge on any atom is -0.461 e. The summed E-state index contributed by atoms with van der Waals surface area (Å²) in [4.78, 5) is 19.1. The van der Waals surface area contributed by atoms with Gasteiger partial charge in [-0.1, -0.05) is 0 Å². The molecular weight excluding hydrogens is 304 g/mol. The van der Waals surface area contributed by atoms with E-state index >= 15 is 0 Å². The Bertz CT molecular complexity index is 330. The lowest BCUT2D eigenvalue weighted by atomic mass is 10.4. The fraction of sp³-hybridized carbons (Fsp3) is 0.286. The van der Waals surface area contributed by atoms with Gasteiger partial charge in [0, 0.05) is 0 Å². The van der Waals surface area contributed by atoms with Crippen LogP contribution in [-0.4, -0.2) is 22.5 Å². The van der Waals surface area contributed by atoms with Crippen LogP contribution in [-0.2, 0) is 4.74 Å². The number of aromatic nitrogens is 2. The first-order chi connectivity index (χ1) is 6.15. The Balaban J connectivity index is 2.99. The number of carbonyl (C=O) groups excluding carboxylic acids is 1. The summed E-state index contributed by atoms with van der Waals surface area (Å²) in [5.41, 5.74) is 0.177. The lowest BCUT2D eigenvalue weighted by Crippen LogP contribution is -2.09. The van der Waals surface area contributed by atoms with Crippen molar-refractivity contribution >= 4 is 37.8 Å². The van der Waals surface area contributed by atoms with E-state index in [0.29, 0.717) is 15.8 Å². The average Bonchev–Trinajstić information content (AvgIpc) is 2.09. The van der Waals surface area contributed by atoms with Crippen LogP contribution in [0.1, 0.15) is 17.4 Å². The smallest absolute Gasteiger partial charge is 0.359 e. The van der Waals surface area contributed by atoms with Crippen LogP contribution >= 0.6 is 31.9 Å². The van der Waals surface area contributed by atoms with Crippen molar-refractivity contribution in [3.8, 4) is 0 Å². The zero-order valence-corrected chi connectivity index (χ0v) is 9.92. The Morgan fingerprint density at radius 1 is 1.62 bits per heavy atom. The van der Waals surface area contributed by atoms with E-state index in [4.69, 9.17) is 4.74 Å². The molecule has 1 aromatic rings. The van der Waals surface area contributed by atoms with E-state index in [1.165, 1.54) is 6.20 Å². The second kappa shape index (κ2) is 4.66. The van der Waals surface area contributed by atoms with E-state index in [-0.39, 0.29) is 5.69 Å². The van der Waals surface area contributed by atoms with E-state index in [9.17, 15) is 4.79 Å². The molecule has 0 unspecified atom stereocenters. The van der Waals surface area contributed by atoms with E-state index in [1.54, 1.807) is 6.92 Å². The minimum atomic E-state index is -0.483. The van der Waals surface area contributed by atoms with Crippen LogP contribution in [0, 0.1) is 0 Å². The first kappa shape index (κ1) is 10.6. The number of rotatable bonds is 2. The van der Waals surface area contributed by atoms with Crippen LogP contribution < -0.4 is 0 Å². The van der Waals surface area contributed by atoms with Crippen molar-refractivity contribution in [2.45, 2.75) is 6.92 Å². The highest BCUT2D eigenvalue weighted by molar-refractivity contribution is 9.10. The number of halogens is 2. The van der Waals surface area contributed by atoms with Gasteiger partial charge < -0.3 is 4.74 Å². The molecule has 0 aliphatic carbocycles. The largest absolute Gasteiger partial charge is 0.461 e. The summed E-state index contributed by atoms with van der Waals surface area (Å²) in [6, 6.07) is 0. The van der Waals surface area contributed by atoms with E-state index in [2.05, 4.69) is 41.8 Å². The molecule has 70 valence electrons. The maximum absolute atomic E-state index is 11.2. The fourth-order valence-corrected chi connectivity index (χ4v) is 1.31. The minimum absolute atomic E-state index is 0.177. The second-order valence-corrected chi connectivity index (χ2v) is 3.62. The van der Waals surface area contributed by atoms with Gasteiger partial charge in [-0.2, -0.15) is 0 Å². The maximum Gasteiger partial charge on any atom is 0.359 e. The lowest BCUT2D eigenvalue weighted by Gasteiger charge is -2.02. The molecule has 0 aliphatic rings. The molecule has 1 rings (SSSR count). The third kappa shape index (κ3) is 2.73. The van der Waals surface area contributed by atoms with Gasteiger partial charge in [0.05, 0.1) is 12.8 Å². The second-order valence-electron chi connectivity index (χ2n) is 2.05. The molecule has 0 bridgehead atoms. The highest BCUT2D eigenvalue weighted by Crippen LogP contribution is 2.15. The summed E-state index contributed by atoms with van der Waals surface area (Å²) in [6.45, 7) is 2.05. The topological polar surface area (TPSA) is 52.1 Å². The normalized spacial score (nSPS) is 9.77. The summed E-state index contributed by atoms with van der Waals surface area (Å²) in [6.07, 6.45) is 1.49. The van der Waals surface area contributed by atoms with Gasteiger partial charge in [0.1, 0.15) is 9.21 Å². The first-order valence-corrected chi connectivity index (χ1v) is 5.09. The van der Waals surface area contributed by atoms with E-state index < -0.39 is 5.97 Å². The molecule has 1 aromatic heterocycles. The molecule has 6 heteroatoms. The van der Waals surface area contributed by atoms with Gasteiger partial charge in [-0.05, 0) is 38.8 Å². The van der Waals surface area contributed by atoms with Crippen molar-refractivity contribution in [1.82, 2.24) is 9.97 Å². The van der Waals surface area contributed by atoms with Gasteiger partial charge in [0.15, 0.2) is 5.69 Å². The summed E-state index contributed by atoms with van der Waals surface area (Å²) in [5.74, 6) is -0.483. The third-order valence-electron chi connectivity index (χ3n) is 1.17. The quantitative estimate of drug-likeness (QED) is 0.786. The molecule has 0 aliphatic heterocycles. The number of ether oxygens (including phenoxy) is 1. The van der Waals surface area contributed by atoms with Crippen molar-refractivity contribution in [2.24, 2.45) is 0 Å². The van der Waals surface area contributed by atoms with Crippen LogP contribution in [0.15, 0.2) is 15.4 Å². The molecule has 0 fully saturated rings. The number of hydrogen-bond donors (Lipinski definition) is 0. The molecular formula is C7H6Br2N2O2. The number of hydrogen-bond acceptors (Lipinski definition) is 4. The number of carbonyl (C=O) groups is 1. The van der Waals surface area contributed by atoms with Crippen LogP contribution in [0.5, 0.6) is 0 Å². The van der Waals surface area contributed by atoms with Crippen molar-refractivity contribution in [3.63, 3.8) is 0 Å². The number of nitrogens with zero attached hydrogens (tertiary/aromatic N) is 2. The predicted molar refractivity (Wildman–Crippen MR) is 53.4 cm³/mol. The summed E-state index contributed by atoms with van der Waals surface area (Å²) in [5, 5.41) is 0. The molecule has 0 radical (unpaired) electrons. The zero-order chi connectivity index (χ0) is 9.84. The Labute approximate surface area is 92.0 Å². The average molecular weight is 310 g/mol. The van der Waals surface area contributed by atoms with Crippen LogP contribution in [0.2, 0.25) is 0 Å². The molecule has 1 heterocycles. The molecule has 4 nitrogen and oxygen atoms in total. The fourth-order valence-electron chi connectivity index (χ4n) is 0.682. The summed E-state index contributed by atoms with van der Waals surface area (Å²) in [7, 11) is 0. The van der Waals surface area contributed by atoms with Crippen molar-refractivity contribution in [2.75, 3.05) is 6.61 Å². The molecule has 0 saturated carbocycles. The molecule has 13 heavy (non-hydrogen) atoms. The third-order valence-corrected chi connectivity index (χ3v) is 2.13. The van der Waals surface area contributed by atoms with Crippen LogP contribution in [0.4, 0.5) is 0 Å². The van der Waals surface area contributed by atoms with Gasteiger partial charge in [0.25, 0.3) is 0 Å². The van der Waals surface area contributed by atoms with E-state index in [0.717, 1.165) is 0 Å². The zero-order valence-electron chi connectivity index (χ0n) is 6.75. The van der Waals surface area contributed by atoms with Crippen molar-refractivity contribution in [1.29, 1.82) is 0 Å². The summed E-state index contributed by atoms with van der Waals surface area (Å²) < 4.78 is 5.65. The van der Waals surface area contributed by atoms with Crippen molar-refractivity contribution in [3.05, 3.63) is 21.1 Å². The maximum atomic E-state index is 11.2. The van der Waals surface area contributed by atoms with Crippen LogP contribution in [0.25, 0.3) is 0 Å². The predicted octanol–water partition coefficient (Wildman–Crippen LogP) is 2.18. The van der Waals surface area contributed by atoms with Gasteiger partial charge in [-0.15, -0.1) is 0 Å². The van der Waals surface area contributed by atoms with Gasteiger partial charge >= 0.3 is 5.97 Å². The molecule has 0 spiro atoms. The molecule has 0 saturated heterocycles. The van der Waals surface area contributed by atoms with Crippen molar-refractivity contribution < 1.29 is 9.53 Å². The number of esters is 1.